The number of aromatic carboxylic acids is 1. The van der Waals surface area contributed by atoms with Crippen molar-refractivity contribution in [3.8, 4) is 0 Å². The first-order valence-corrected chi connectivity index (χ1v) is 5.12. The van der Waals surface area contributed by atoms with E-state index < -0.39 is 5.97 Å². The molecule has 6 nitrogen and oxygen atoms in total. The Kier molecular flexibility index (Phi) is 4.33. The van der Waals surface area contributed by atoms with Gasteiger partial charge in [0.1, 0.15) is 0 Å². The number of carboxylic acids is 1. The van der Waals surface area contributed by atoms with Gasteiger partial charge in [-0.1, -0.05) is 0 Å². The van der Waals surface area contributed by atoms with Crippen molar-refractivity contribution in [3.63, 3.8) is 0 Å². The summed E-state index contributed by atoms with van der Waals surface area (Å²) in [5.74, 6) is -1.15. The monoisotopic (exact) mass is 237 g/mol. The summed E-state index contributed by atoms with van der Waals surface area (Å²) >= 11 is 0. The lowest BCUT2D eigenvalue weighted by Gasteiger charge is -2.08. The first kappa shape index (κ1) is 12.8. The Morgan fingerprint density at radius 2 is 2.12 bits per heavy atom. The fourth-order valence-corrected chi connectivity index (χ4v) is 1.30. The third-order valence-electron chi connectivity index (χ3n) is 2.24. The van der Waals surface area contributed by atoms with E-state index in [0.29, 0.717) is 18.7 Å². The van der Waals surface area contributed by atoms with Gasteiger partial charge in [0.25, 0.3) is 0 Å². The Balaban J connectivity index is 2.63. The molecule has 0 saturated heterocycles. The fourth-order valence-electron chi connectivity index (χ4n) is 1.30. The van der Waals surface area contributed by atoms with Crippen molar-refractivity contribution in [2.45, 2.75) is 6.42 Å². The molecule has 0 spiro atoms. The third-order valence-corrected chi connectivity index (χ3v) is 2.24. The summed E-state index contributed by atoms with van der Waals surface area (Å²) < 4.78 is 0. The molecule has 6 heteroatoms. The lowest BCUT2D eigenvalue weighted by atomic mass is 10.1. The zero-order valence-corrected chi connectivity index (χ0v) is 9.49. The molecule has 0 bridgehead atoms. The Bertz CT molecular complexity index is 432. The number of nitrogen functional groups attached to an aromatic ring is 1. The van der Waals surface area contributed by atoms with Crippen LogP contribution in [0, 0.1) is 0 Å². The van der Waals surface area contributed by atoms with Crippen LogP contribution in [0.1, 0.15) is 16.8 Å². The minimum Gasteiger partial charge on any atom is -0.478 e. The summed E-state index contributed by atoms with van der Waals surface area (Å²) in [7, 11) is 1.56. The molecule has 0 aliphatic rings. The van der Waals surface area contributed by atoms with Crippen molar-refractivity contribution < 1.29 is 14.7 Å². The second kappa shape index (κ2) is 5.74. The molecule has 0 aliphatic heterocycles. The molecule has 92 valence electrons. The molecule has 0 aliphatic carbocycles. The largest absolute Gasteiger partial charge is 0.478 e. The average molecular weight is 237 g/mol. The molecule has 0 radical (unpaired) electrons. The van der Waals surface area contributed by atoms with Crippen LogP contribution < -0.4 is 16.4 Å². The molecule has 17 heavy (non-hydrogen) atoms. The molecular weight excluding hydrogens is 222 g/mol. The number of hydrogen-bond acceptors (Lipinski definition) is 4. The molecule has 5 N–H and O–H groups in total. The van der Waals surface area contributed by atoms with E-state index in [4.69, 9.17) is 10.8 Å². The molecule has 0 aromatic heterocycles. The van der Waals surface area contributed by atoms with Crippen LogP contribution in [0.15, 0.2) is 18.2 Å². The highest BCUT2D eigenvalue weighted by molar-refractivity contribution is 5.94. The van der Waals surface area contributed by atoms with Gasteiger partial charge in [0.15, 0.2) is 0 Å². The molecule has 1 amide bonds. The highest BCUT2D eigenvalue weighted by atomic mass is 16.4. The first-order chi connectivity index (χ1) is 8.04. The molecule has 1 aromatic carbocycles. The highest BCUT2D eigenvalue weighted by Gasteiger charge is 2.08. The van der Waals surface area contributed by atoms with Crippen molar-refractivity contribution in [1.82, 2.24) is 5.32 Å². The van der Waals surface area contributed by atoms with Crippen LogP contribution in [0.25, 0.3) is 0 Å². The van der Waals surface area contributed by atoms with Gasteiger partial charge in [-0.3, -0.25) is 4.79 Å². The van der Waals surface area contributed by atoms with Gasteiger partial charge < -0.3 is 21.5 Å². The number of carbonyl (C=O) groups excluding carboxylic acids is 1. The second-order valence-electron chi connectivity index (χ2n) is 3.46. The lowest BCUT2D eigenvalue weighted by molar-refractivity contribution is -0.120. The number of hydrogen-bond donors (Lipinski definition) is 4. The lowest BCUT2D eigenvalue weighted by Crippen LogP contribution is -2.20. The summed E-state index contributed by atoms with van der Waals surface area (Å²) in [4.78, 5) is 21.8. The summed E-state index contributed by atoms with van der Waals surface area (Å²) in [5, 5.41) is 14.3. The predicted molar refractivity (Wildman–Crippen MR) is 65.0 cm³/mol. The van der Waals surface area contributed by atoms with E-state index in [1.807, 2.05) is 0 Å². The topological polar surface area (TPSA) is 104 Å². The Morgan fingerprint density at radius 1 is 1.41 bits per heavy atom. The number of anilines is 2. The van der Waals surface area contributed by atoms with Gasteiger partial charge in [-0.25, -0.2) is 4.79 Å². The van der Waals surface area contributed by atoms with E-state index in [1.165, 1.54) is 12.1 Å². The van der Waals surface area contributed by atoms with Gasteiger partial charge in [-0.15, -0.1) is 0 Å². The standard InChI is InChI=1S/C11H15N3O3/c1-13-10(15)4-5-14-7-2-3-9(12)8(6-7)11(16)17/h2-3,6,14H,4-5,12H2,1H3,(H,13,15)(H,16,17). The summed E-state index contributed by atoms with van der Waals surface area (Å²) in [6.45, 7) is 0.433. The number of benzene rings is 1. The molecule has 0 atom stereocenters. The molecule has 1 aromatic rings. The predicted octanol–water partition coefficient (Wildman–Crippen LogP) is 0.515. The molecule has 1 rings (SSSR count). The van der Waals surface area contributed by atoms with E-state index in [2.05, 4.69) is 10.6 Å². The van der Waals surface area contributed by atoms with E-state index in [0.717, 1.165) is 0 Å². The van der Waals surface area contributed by atoms with Crippen molar-refractivity contribution >= 4 is 23.3 Å². The Morgan fingerprint density at radius 3 is 2.71 bits per heavy atom. The number of nitrogens with two attached hydrogens (primary N) is 1. The normalized spacial score (nSPS) is 9.71. The zero-order chi connectivity index (χ0) is 12.8. The van der Waals surface area contributed by atoms with Crippen LogP contribution in [0.2, 0.25) is 0 Å². The van der Waals surface area contributed by atoms with Gasteiger partial charge in [-0.2, -0.15) is 0 Å². The number of nitrogens with one attached hydrogen (secondary N) is 2. The fraction of sp³-hybridized carbons (Fsp3) is 0.273. The number of amides is 1. The maximum atomic E-state index is 11.0. The van der Waals surface area contributed by atoms with Crippen LogP contribution in [-0.2, 0) is 4.79 Å². The highest BCUT2D eigenvalue weighted by Crippen LogP contribution is 2.17. The minimum absolute atomic E-state index is 0.0509. The van der Waals surface area contributed by atoms with E-state index in [1.54, 1.807) is 13.1 Å². The molecule has 0 unspecified atom stereocenters. The third kappa shape index (κ3) is 3.67. The van der Waals surface area contributed by atoms with Crippen molar-refractivity contribution in [2.75, 3.05) is 24.6 Å². The summed E-state index contributed by atoms with van der Waals surface area (Å²) in [6.07, 6.45) is 0.323. The van der Waals surface area contributed by atoms with Gasteiger partial charge in [0.2, 0.25) is 5.91 Å². The van der Waals surface area contributed by atoms with Crippen molar-refractivity contribution in [2.24, 2.45) is 0 Å². The maximum Gasteiger partial charge on any atom is 0.337 e. The van der Waals surface area contributed by atoms with Crippen molar-refractivity contribution in [3.05, 3.63) is 23.8 Å². The van der Waals surface area contributed by atoms with Crippen LogP contribution in [-0.4, -0.2) is 30.6 Å². The number of rotatable bonds is 5. The molecular formula is C11H15N3O3. The Labute approximate surface area is 98.8 Å². The van der Waals surface area contributed by atoms with Crippen LogP contribution in [0.3, 0.4) is 0 Å². The zero-order valence-electron chi connectivity index (χ0n) is 9.49. The van der Waals surface area contributed by atoms with Gasteiger partial charge >= 0.3 is 5.97 Å². The van der Waals surface area contributed by atoms with Gasteiger partial charge in [0, 0.05) is 31.4 Å². The number of carbonyl (C=O) groups is 2. The smallest absolute Gasteiger partial charge is 0.337 e. The van der Waals surface area contributed by atoms with E-state index >= 15 is 0 Å². The minimum atomic E-state index is -1.07. The molecule has 0 fully saturated rings. The SMILES string of the molecule is CNC(=O)CCNc1ccc(N)c(C(=O)O)c1. The quantitative estimate of drug-likeness (QED) is 0.559. The van der Waals surface area contributed by atoms with E-state index in [-0.39, 0.29) is 17.2 Å². The molecule has 0 saturated carbocycles. The van der Waals surface area contributed by atoms with E-state index in [9.17, 15) is 9.59 Å². The van der Waals surface area contributed by atoms with Gasteiger partial charge in [0.05, 0.1) is 5.56 Å². The van der Waals surface area contributed by atoms with Gasteiger partial charge in [-0.05, 0) is 18.2 Å². The Hall–Kier alpha value is -2.24. The van der Waals surface area contributed by atoms with Crippen molar-refractivity contribution in [1.29, 1.82) is 0 Å². The van der Waals surface area contributed by atoms with Crippen LogP contribution >= 0.6 is 0 Å². The summed E-state index contributed by atoms with van der Waals surface area (Å²) in [5.41, 5.74) is 6.41. The average Bonchev–Trinajstić information content (AvgIpc) is 2.30. The van der Waals surface area contributed by atoms with Crippen LogP contribution in [0.5, 0.6) is 0 Å². The second-order valence-corrected chi connectivity index (χ2v) is 3.46. The first-order valence-electron chi connectivity index (χ1n) is 5.12. The van der Waals surface area contributed by atoms with Crippen LogP contribution in [0.4, 0.5) is 11.4 Å². The number of carboxylic acid groups (broad SMARTS) is 1. The summed E-state index contributed by atoms with van der Waals surface area (Å²) in [6, 6.07) is 4.64. The molecule has 0 heterocycles. The maximum absolute atomic E-state index is 11.0.